The van der Waals surface area contributed by atoms with Crippen LogP contribution in [-0.4, -0.2) is 34.6 Å². The van der Waals surface area contributed by atoms with E-state index in [1.165, 1.54) is 37.3 Å². The molecule has 1 atom stereocenters. The van der Waals surface area contributed by atoms with Crippen molar-refractivity contribution < 1.29 is 27.8 Å². The number of ether oxygens (including phenoxy) is 2. The lowest BCUT2D eigenvalue weighted by Crippen LogP contribution is -2.30. The summed E-state index contributed by atoms with van der Waals surface area (Å²) in [4.78, 5) is 40.9. The van der Waals surface area contributed by atoms with Gasteiger partial charge >= 0.3 is 18.3 Å². The largest absolute Gasteiger partial charge is 0.449 e. The number of nitrogens with one attached hydrogen (secondary N) is 3. The van der Waals surface area contributed by atoms with Crippen molar-refractivity contribution in [3.05, 3.63) is 58.5 Å². The van der Waals surface area contributed by atoms with E-state index in [0.29, 0.717) is 16.7 Å². The minimum atomic E-state index is -3.11. The predicted molar refractivity (Wildman–Crippen MR) is 95.5 cm³/mol. The first-order valence-electron chi connectivity index (χ1n) is 8.11. The Morgan fingerprint density at radius 3 is 2.54 bits per heavy atom. The van der Waals surface area contributed by atoms with Crippen LogP contribution in [0.5, 0.6) is 5.75 Å². The van der Waals surface area contributed by atoms with Crippen LogP contribution in [0.3, 0.4) is 0 Å². The van der Waals surface area contributed by atoms with Crippen LogP contribution in [0.15, 0.2) is 47.3 Å². The molecule has 3 aromatic rings. The van der Waals surface area contributed by atoms with Gasteiger partial charge in [-0.2, -0.15) is 8.78 Å². The Morgan fingerprint density at radius 1 is 1.07 bits per heavy atom. The van der Waals surface area contributed by atoms with Gasteiger partial charge in [0.15, 0.2) is 6.10 Å². The third-order valence-corrected chi connectivity index (χ3v) is 3.76. The zero-order chi connectivity index (χ0) is 20.3. The number of esters is 1. The summed E-state index contributed by atoms with van der Waals surface area (Å²) in [5.74, 6) is -1.97. The van der Waals surface area contributed by atoms with Crippen LogP contribution < -0.4 is 15.7 Å². The number of aromatic amines is 2. The molecule has 0 aliphatic rings. The summed E-state index contributed by atoms with van der Waals surface area (Å²) >= 11 is 0. The monoisotopic (exact) mass is 391 g/mol. The van der Waals surface area contributed by atoms with Crippen LogP contribution in [-0.2, 0) is 9.53 Å². The summed E-state index contributed by atoms with van der Waals surface area (Å²) in [6.45, 7) is -1.77. The minimum absolute atomic E-state index is 0.228. The Labute approximate surface area is 156 Å². The first-order valence-corrected chi connectivity index (χ1v) is 8.11. The molecular weight excluding hydrogens is 376 g/mol. The normalized spacial score (nSPS) is 12.0. The average molecular weight is 391 g/mol. The van der Waals surface area contributed by atoms with Gasteiger partial charge in [0.1, 0.15) is 11.3 Å². The molecule has 1 heterocycles. The summed E-state index contributed by atoms with van der Waals surface area (Å²) in [5.41, 5.74) is 0.819. The molecule has 8 nitrogen and oxygen atoms in total. The molecular formula is C18H15F2N3O5. The standard InChI is InChI=1S/C18H15F2N3O5/c1-9(27-16(25)11-4-2-3-5-14(11)28-17(19)20)15(24)21-10-6-7-12-13(8-10)23-18(26)22-12/h2-9,17H,1H3,(H,21,24)(H2,22,23,26)/t9-/m0/s1. The van der Waals surface area contributed by atoms with Gasteiger partial charge in [-0.15, -0.1) is 0 Å². The summed E-state index contributed by atoms with van der Waals surface area (Å²) in [5, 5.41) is 2.54. The number of alkyl halides is 2. The van der Waals surface area contributed by atoms with Gasteiger partial charge in [0.05, 0.1) is 11.0 Å². The number of para-hydroxylation sites is 1. The van der Waals surface area contributed by atoms with Crippen molar-refractivity contribution in [3.63, 3.8) is 0 Å². The molecule has 0 saturated carbocycles. The van der Waals surface area contributed by atoms with Gasteiger partial charge in [0.2, 0.25) is 0 Å². The third kappa shape index (κ3) is 4.34. The zero-order valence-corrected chi connectivity index (χ0v) is 14.5. The molecule has 0 unspecified atom stereocenters. The molecule has 0 aliphatic carbocycles. The molecule has 1 amide bonds. The fourth-order valence-electron chi connectivity index (χ4n) is 2.47. The Balaban J connectivity index is 1.68. The Morgan fingerprint density at radius 2 is 1.79 bits per heavy atom. The number of halogens is 2. The number of anilines is 1. The number of rotatable bonds is 6. The number of carbonyl (C=O) groups is 2. The molecule has 0 radical (unpaired) electrons. The summed E-state index contributed by atoms with van der Waals surface area (Å²) in [6.07, 6.45) is -1.21. The van der Waals surface area contributed by atoms with Gasteiger partial charge in [-0.25, -0.2) is 9.59 Å². The van der Waals surface area contributed by atoms with E-state index in [4.69, 9.17) is 4.74 Å². The Bertz CT molecular complexity index is 1080. The molecule has 3 N–H and O–H groups in total. The van der Waals surface area contributed by atoms with Crippen LogP contribution in [0.4, 0.5) is 14.5 Å². The molecule has 3 rings (SSSR count). The lowest BCUT2D eigenvalue weighted by molar-refractivity contribution is -0.123. The first kappa shape index (κ1) is 19.1. The topological polar surface area (TPSA) is 113 Å². The summed E-state index contributed by atoms with van der Waals surface area (Å²) in [7, 11) is 0. The van der Waals surface area contributed by atoms with Crippen LogP contribution in [0.1, 0.15) is 17.3 Å². The number of hydrogen-bond acceptors (Lipinski definition) is 5. The maximum atomic E-state index is 12.4. The van der Waals surface area contributed by atoms with E-state index in [1.807, 2.05) is 0 Å². The van der Waals surface area contributed by atoms with E-state index in [-0.39, 0.29) is 17.0 Å². The second kappa shape index (κ2) is 7.91. The van der Waals surface area contributed by atoms with Crippen molar-refractivity contribution in [3.8, 4) is 5.75 Å². The van der Waals surface area contributed by atoms with Gasteiger partial charge in [-0.3, -0.25) is 4.79 Å². The third-order valence-electron chi connectivity index (χ3n) is 3.76. The van der Waals surface area contributed by atoms with Crippen molar-refractivity contribution in [1.29, 1.82) is 0 Å². The van der Waals surface area contributed by atoms with Gasteiger partial charge in [0, 0.05) is 5.69 Å². The molecule has 1 aromatic heterocycles. The van der Waals surface area contributed by atoms with E-state index in [2.05, 4.69) is 20.0 Å². The molecule has 10 heteroatoms. The van der Waals surface area contributed by atoms with Crippen molar-refractivity contribution in [2.75, 3.05) is 5.32 Å². The number of aromatic nitrogens is 2. The van der Waals surface area contributed by atoms with Crippen LogP contribution in [0.25, 0.3) is 11.0 Å². The van der Waals surface area contributed by atoms with E-state index < -0.39 is 24.6 Å². The summed E-state index contributed by atoms with van der Waals surface area (Å²) in [6, 6.07) is 10.0. The number of carbonyl (C=O) groups excluding carboxylic acids is 2. The molecule has 2 aromatic carbocycles. The first-order chi connectivity index (χ1) is 13.3. The number of imidazole rings is 1. The molecule has 28 heavy (non-hydrogen) atoms. The van der Waals surface area contributed by atoms with Gasteiger partial charge < -0.3 is 24.8 Å². The highest BCUT2D eigenvalue weighted by Gasteiger charge is 2.22. The van der Waals surface area contributed by atoms with Crippen LogP contribution in [0.2, 0.25) is 0 Å². The van der Waals surface area contributed by atoms with E-state index >= 15 is 0 Å². The van der Waals surface area contributed by atoms with E-state index in [1.54, 1.807) is 12.1 Å². The lowest BCUT2D eigenvalue weighted by Gasteiger charge is -2.15. The van der Waals surface area contributed by atoms with Crippen molar-refractivity contribution in [2.45, 2.75) is 19.6 Å². The number of benzene rings is 2. The van der Waals surface area contributed by atoms with Crippen molar-refractivity contribution >= 4 is 28.6 Å². The maximum absolute atomic E-state index is 12.4. The molecule has 0 aliphatic heterocycles. The molecule has 0 spiro atoms. The fraction of sp³-hybridized carbons (Fsp3) is 0.167. The number of fused-ring (bicyclic) bond motifs is 1. The highest BCUT2D eigenvalue weighted by atomic mass is 19.3. The van der Waals surface area contributed by atoms with E-state index in [0.717, 1.165) is 0 Å². The quantitative estimate of drug-likeness (QED) is 0.559. The number of H-pyrrole nitrogens is 2. The van der Waals surface area contributed by atoms with Crippen molar-refractivity contribution in [1.82, 2.24) is 9.97 Å². The summed E-state index contributed by atoms with van der Waals surface area (Å²) < 4.78 is 34.2. The zero-order valence-electron chi connectivity index (χ0n) is 14.5. The Kier molecular flexibility index (Phi) is 5.39. The van der Waals surface area contributed by atoms with Gasteiger partial charge in [0.25, 0.3) is 5.91 Å². The molecule has 0 bridgehead atoms. The van der Waals surface area contributed by atoms with E-state index in [9.17, 15) is 23.2 Å². The minimum Gasteiger partial charge on any atom is -0.449 e. The predicted octanol–water partition coefficient (Wildman–Crippen LogP) is 2.64. The Hall–Kier alpha value is -3.69. The second-order valence-corrected chi connectivity index (χ2v) is 5.75. The SMILES string of the molecule is C[C@H](OC(=O)c1ccccc1OC(F)F)C(=O)Nc1ccc2[nH]c(=O)[nH]c2c1. The lowest BCUT2D eigenvalue weighted by atomic mass is 10.2. The van der Waals surface area contributed by atoms with Crippen LogP contribution >= 0.6 is 0 Å². The van der Waals surface area contributed by atoms with Gasteiger partial charge in [-0.05, 0) is 37.3 Å². The highest BCUT2D eigenvalue weighted by molar-refractivity contribution is 5.99. The second-order valence-electron chi connectivity index (χ2n) is 5.75. The highest BCUT2D eigenvalue weighted by Crippen LogP contribution is 2.22. The maximum Gasteiger partial charge on any atom is 0.387 e. The smallest absolute Gasteiger partial charge is 0.387 e. The van der Waals surface area contributed by atoms with Crippen molar-refractivity contribution in [2.24, 2.45) is 0 Å². The molecule has 146 valence electrons. The van der Waals surface area contributed by atoms with Gasteiger partial charge in [-0.1, -0.05) is 12.1 Å². The number of amides is 1. The molecule has 0 saturated heterocycles. The average Bonchev–Trinajstić information content (AvgIpc) is 3.00. The molecule has 0 fully saturated rings. The number of hydrogen-bond donors (Lipinski definition) is 3. The van der Waals surface area contributed by atoms with Crippen LogP contribution in [0, 0.1) is 0 Å². The fourth-order valence-corrected chi connectivity index (χ4v) is 2.47.